The molecule has 0 saturated carbocycles. The fraction of sp³-hybridized carbons (Fsp3) is 0.333. The first kappa shape index (κ1) is 8.84. The number of halogens is 1. The van der Waals surface area contributed by atoms with E-state index in [0.717, 1.165) is 5.69 Å². The smallest absolute Gasteiger partial charge is 0.145 e. The molecular formula is C9H12FNO. The highest BCUT2D eigenvalue weighted by atomic mass is 19.1. The summed E-state index contributed by atoms with van der Waals surface area (Å²) in [6, 6.07) is 4.47. The number of hydrogen-bond donors (Lipinski definition) is 0. The van der Waals surface area contributed by atoms with Crippen LogP contribution in [0.5, 0.6) is 5.75 Å². The van der Waals surface area contributed by atoms with Crippen LogP contribution in [0.3, 0.4) is 0 Å². The molecule has 2 nitrogen and oxygen atoms in total. The Morgan fingerprint density at radius 1 is 1.33 bits per heavy atom. The van der Waals surface area contributed by atoms with Gasteiger partial charge in [-0.1, -0.05) is 0 Å². The van der Waals surface area contributed by atoms with Crippen LogP contribution in [-0.2, 0) is 0 Å². The molecular weight excluding hydrogens is 157 g/mol. The minimum atomic E-state index is -0.280. The molecule has 0 aliphatic rings. The molecule has 0 unspecified atom stereocenters. The zero-order valence-corrected chi connectivity index (χ0v) is 7.47. The van der Waals surface area contributed by atoms with Gasteiger partial charge in [0.1, 0.15) is 11.6 Å². The van der Waals surface area contributed by atoms with Crippen molar-refractivity contribution in [2.45, 2.75) is 0 Å². The van der Waals surface area contributed by atoms with E-state index < -0.39 is 0 Å². The van der Waals surface area contributed by atoms with Crippen molar-refractivity contribution in [2.75, 3.05) is 26.1 Å². The van der Waals surface area contributed by atoms with E-state index in [9.17, 15) is 4.39 Å². The van der Waals surface area contributed by atoms with E-state index in [4.69, 9.17) is 4.74 Å². The molecule has 0 heterocycles. The van der Waals surface area contributed by atoms with Crippen LogP contribution in [0, 0.1) is 5.82 Å². The van der Waals surface area contributed by atoms with Crippen molar-refractivity contribution >= 4 is 5.69 Å². The number of nitrogens with zero attached hydrogens (tertiary/aromatic N) is 1. The summed E-state index contributed by atoms with van der Waals surface area (Å²) in [5.41, 5.74) is 0.874. The highest BCUT2D eigenvalue weighted by Gasteiger charge is 2.04. The van der Waals surface area contributed by atoms with Crippen LogP contribution in [0.25, 0.3) is 0 Å². The first-order valence-electron chi connectivity index (χ1n) is 3.66. The van der Waals surface area contributed by atoms with Crippen LogP contribution >= 0.6 is 0 Å². The molecule has 0 atom stereocenters. The highest BCUT2D eigenvalue weighted by molar-refractivity contribution is 5.57. The number of methoxy groups -OCH3 is 1. The Morgan fingerprint density at radius 3 is 2.50 bits per heavy atom. The molecule has 1 aromatic carbocycles. The molecule has 1 aromatic rings. The lowest BCUT2D eigenvalue weighted by molar-refractivity contribution is 0.412. The van der Waals surface area contributed by atoms with Crippen molar-refractivity contribution in [1.29, 1.82) is 0 Å². The van der Waals surface area contributed by atoms with E-state index in [0.29, 0.717) is 5.75 Å². The van der Waals surface area contributed by atoms with Gasteiger partial charge in [0.05, 0.1) is 12.8 Å². The number of hydrogen-bond acceptors (Lipinski definition) is 2. The van der Waals surface area contributed by atoms with Crippen LogP contribution in [-0.4, -0.2) is 21.2 Å². The van der Waals surface area contributed by atoms with Crippen LogP contribution in [0.1, 0.15) is 0 Å². The molecule has 66 valence electrons. The fourth-order valence-electron chi connectivity index (χ4n) is 1.02. The van der Waals surface area contributed by atoms with E-state index in [-0.39, 0.29) is 5.82 Å². The van der Waals surface area contributed by atoms with E-state index in [1.165, 1.54) is 19.2 Å². The van der Waals surface area contributed by atoms with Gasteiger partial charge in [-0.15, -0.1) is 0 Å². The van der Waals surface area contributed by atoms with Gasteiger partial charge in [0.15, 0.2) is 0 Å². The van der Waals surface area contributed by atoms with E-state index in [2.05, 4.69) is 0 Å². The predicted octanol–water partition coefficient (Wildman–Crippen LogP) is 1.90. The van der Waals surface area contributed by atoms with E-state index >= 15 is 0 Å². The molecule has 0 bridgehead atoms. The topological polar surface area (TPSA) is 12.5 Å². The second kappa shape index (κ2) is 3.43. The lowest BCUT2D eigenvalue weighted by Gasteiger charge is -2.15. The molecule has 3 heteroatoms. The number of ether oxygens (including phenoxy) is 1. The first-order chi connectivity index (χ1) is 5.65. The largest absolute Gasteiger partial charge is 0.494 e. The third-order valence-corrected chi connectivity index (χ3v) is 1.62. The lowest BCUT2D eigenvalue weighted by Crippen LogP contribution is -2.10. The van der Waals surface area contributed by atoms with Crippen LogP contribution in [0.4, 0.5) is 10.1 Å². The van der Waals surface area contributed by atoms with Gasteiger partial charge >= 0.3 is 0 Å². The molecule has 0 amide bonds. The maximum atomic E-state index is 12.7. The zero-order chi connectivity index (χ0) is 9.14. The summed E-state index contributed by atoms with van der Waals surface area (Å²) in [6.07, 6.45) is 0. The van der Waals surface area contributed by atoms with Gasteiger partial charge in [0.2, 0.25) is 0 Å². The molecule has 0 radical (unpaired) electrons. The van der Waals surface area contributed by atoms with Crippen molar-refractivity contribution in [3.8, 4) is 5.75 Å². The number of benzene rings is 1. The normalized spacial score (nSPS) is 9.67. The third kappa shape index (κ3) is 1.67. The molecule has 12 heavy (non-hydrogen) atoms. The number of rotatable bonds is 2. The Morgan fingerprint density at radius 2 is 2.00 bits per heavy atom. The summed E-state index contributed by atoms with van der Waals surface area (Å²) in [4.78, 5) is 1.87. The maximum Gasteiger partial charge on any atom is 0.145 e. The van der Waals surface area contributed by atoms with Gasteiger partial charge in [-0.3, -0.25) is 0 Å². The summed E-state index contributed by atoms with van der Waals surface area (Å²) in [7, 11) is 5.30. The highest BCUT2D eigenvalue weighted by Crippen LogP contribution is 2.26. The summed E-state index contributed by atoms with van der Waals surface area (Å²) in [6.45, 7) is 0. The Bertz CT molecular complexity index is 273. The van der Waals surface area contributed by atoms with Gasteiger partial charge in [-0.25, -0.2) is 4.39 Å². The maximum absolute atomic E-state index is 12.7. The minimum absolute atomic E-state index is 0.280. The summed E-state index contributed by atoms with van der Waals surface area (Å²) >= 11 is 0. The van der Waals surface area contributed by atoms with Crippen molar-refractivity contribution in [1.82, 2.24) is 0 Å². The summed E-state index contributed by atoms with van der Waals surface area (Å²) in [5.74, 6) is 0.275. The quantitative estimate of drug-likeness (QED) is 0.670. The van der Waals surface area contributed by atoms with Gasteiger partial charge in [0.25, 0.3) is 0 Å². The van der Waals surface area contributed by atoms with Crippen molar-refractivity contribution in [3.63, 3.8) is 0 Å². The van der Waals surface area contributed by atoms with Gasteiger partial charge in [-0.2, -0.15) is 0 Å². The monoisotopic (exact) mass is 169 g/mol. The Kier molecular flexibility index (Phi) is 2.53. The fourth-order valence-corrected chi connectivity index (χ4v) is 1.02. The molecule has 0 aliphatic heterocycles. The Balaban J connectivity index is 3.11. The molecule has 0 spiro atoms. The summed E-state index contributed by atoms with van der Waals surface area (Å²) in [5, 5.41) is 0. The van der Waals surface area contributed by atoms with Crippen LogP contribution in [0.15, 0.2) is 18.2 Å². The second-order valence-corrected chi connectivity index (χ2v) is 2.71. The third-order valence-electron chi connectivity index (χ3n) is 1.62. The zero-order valence-electron chi connectivity index (χ0n) is 7.47. The van der Waals surface area contributed by atoms with E-state index in [1.54, 1.807) is 6.07 Å². The average Bonchev–Trinajstić information content (AvgIpc) is 2.03. The minimum Gasteiger partial charge on any atom is -0.494 e. The van der Waals surface area contributed by atoms with Crippen LogP contribution in [0.2, 0.25) is 0 Å². The van der Waals surface area contributed by atoms with E-state index in [1.807, 2.05) is 19.0 Å². The molecule has 0 N–H and O–H groups in total. The molecule has 0 aliphatic carbocycles. The SMILES string of the molecule is COc1cc(F)ccc1N(C)C. The van der Waals surface area contributed by atoms with Gasteiger partial charge in [0, 0.05) is 20.2 Å². The molecule has 0 aromatic heterocycles. The Labute approximate surface area is 71.6 Å². The van der Waals surface area contributed by atoms with Gasteiger partial charge < -0.3 is 9.64 Å². The molecule has 1 rings (SSSR count). The van der Waals surface area contributed by atoms with Crippen molar-refractivity contribution in [2.24, 2.45) is 0 Å². The predicted molar refractivity (Wildman–Crippen MR) is 47.3 cm³/mol. The standard InChI is InChI=1S/C9H12FNO/c1-11(2)8-5-4-7(10)6-9(8)12-3/h4-6H,1-3H3. The van der Waals surface area contributed by atoms with Gasteiger partial charge in [-0.05, 0) is 12.1 Å². The first-order valence-corrected chi connectivity index (χ1v) is 3.66. The second-order valence-electron chi connectivity index (χ2n) is 2.71. The molecule has 0 saturated heterocycles. The molecule has 0 fully saturated rings. The van der Waals surface area contributed by atoms with Crippen molar-refractivity contribution in [3.05, 3.63) is 24.0 Å². The van der Waals surface area contributed by atoms with Crippen LogP contribution < -0.4 is 9.64 Å². The summed E-state index contributed by atoms with van der Waals surface area (Å²) < 4.78 is 17.7. The lowest BCUT2D eigenvalue weighted by atomic mass is 10.2. The Hall–Kier alpha value is -1.25. The van der Waals surface area contributed by atoms with Crippen molar-refractivity contribution < 1.29 is 9.13 Å². The number of anilines is 1. The average molecular weight is 169 g/mol.